The highest BCUT2D eigenvalue weighted by Crippen LogP contribution is 2.27. The molecule has 2 aromatic rings. The van der Waals surface area contributed by atoms with E-state index < -0.39 is 19.0 Å². The lowest BCUT2D eigenvalue weighted by Crippen LogP contribution is -2.33. The quantitative estimate of drug-likeness (QED) is 0.502. The van der Waals surface area contributed by atoms with Gasteiger partial charge in [0.1, 0.15) is 5.75 Å². The van der Waals surface area contributed by atoms with Gasteiger partial charge in [0.25, 0.3) is 0 Å². The van der Waals surface area contributed by atoms with Crippen molar-refractivity contribution in [3.8, 4) is 5.75 Å². The highest BCUT2D eigenvalue weighted by molar-refractivity contribution is 7.81. The lowest BCUT2D eigenvalue weighted by Gasteiger charge is -2.23. The molecular weight excluding hydrogens is 380 g/mol. The van der Waals surface area contributed by atoms with Crippen LogP contribution in [0.1, 0.15) is 18.4 Å². The van der Waals surface area contributed by atoms with Gasteiger partial charge in [-0.1, -0.05) is 30.4 Å². The Hall–Kier alpha value is -1.73. The van der Waals surface area contributed by atoms with Crippen LogP contribution in [0.2, 0.25) is 0 Å². The summed E-state index contributed by atoms with van der Waals surface area (Å²) in [6, 6.07) is 10.4. The van der Waals surface area contributed by atoms with Crippen LogP contribution in [0.15, 0.2) is 42.5 Å². The number of alkyl halides is 4. The van der Waals surface area contributed by atoms with Gasteiger partial charge in [-0.15, -0.1) is 0 Å². The van der Waals surface area contributed by atoms with Crippen LogP contribution < -0.4 is 4.74 Å². The van der Waals surface area contributed by atoms with Crippen LogP contribution >= 0.6 is 12.6 Å². The number of ether oxygens (including phenoxy) is 2. The van der Waals surface area contributed by atoms with Gasteiger partial charge in [0.15, 0.2) is 6.61 Å². The molecule has 0 saturated carbocycles. The fourth-order valence-electron chi connectivity index (χ4n) is 2.81. The topological polar surface area (TPSA) is 18.5 Å². The molecular formula is C20H20F4O2S. The highest BCUT2D eigenvalue weighted by Gasteiger charge is 2.41. The predicted octanol–water partition coefficient (Wildman–Crippen LogP) is 5.61. The van der Waals surface area contributed by atoms with Crippen molar-refractivity contribution in [1.82, 2.24) is 0 Å². The molecule has 2 aromatic carbocycles. The summed E-state index contributed by atoms with van der Waals surface area (Å²) in [5.41, 5.74) is 0.983. The Balaban J connectivity index is 1.66. The van der Waals surface area contributed by atoms with E-state index in [1.165, 1.54) is 6.07 Å². The number of hydrogen-bond acceptors (Lipinski definition) is 3. The van der Waals surface area contributed by atoms with Gasteiger partial charge in [0.2, 0.25) is 0 Å². The van der Waals surface area contributed by atoms with E-state index in [0.29, 0.717) is 11.9 Å². The Bertz CT molecular complexity index is 802. The third kappa shape index (κ3) is 5.39. The third-order valence-corrected chi connectivity index (χ3v) is 4.78. The van der Waals surface area contributed by atoms with Crippen LogP contribution in [0.5, 0.6) is 5.75 Å². The Morgan fingerprint density at radius 1 is 1.15 bits per heavy atom. The van der Waals surface area contributed by atoms with E-state index in [9.17, 15) is 17.6 Å². The van der Waals surface area contributed by atoms with Gasteiger partial charge in [-0.2, -0.15) is 21.4 Å². The van der Waals surface area contributed by atoms with E-state index in [1.807, 2.05) is 30.4 Å². The molecule has 0 bridgehead atoms. The first-order valence-corrected chi connectivity index (χ1v) is 9.15. The zero-order valence-corrected chi connectivity index (χ0v) is 15.3. The Kier molecular flexibility index (Phi) is 6.32. The van der Waals surface area contributed by atoms with Crippen molar-refractivity contribution < 1.29 is 27.0 Å². The van der Waals surface area contributed by atoms with Crippen molar-refractivity contribution in [2.24, 2.45) is 0 Å². The first kappa shape index (κ1) is 20.0. The van der Waals surface area contributed by atoms with Gasteiger partial charge < -0.3 is 9.47 Å². The summed E-state index contributed by atoms with van der Waals surface area (Å²) in [5, 5.41) is 1.97. The Labute approximate surface area is 160 Å². The average Bonchev–Trinajstić information content (AvgIpc) is 2.65. The van der Waals surface area contributed by atoms with Gasteiger partial charge in [-0.05, 0) is 47.4 Å². The first-order valence-electron chi connectivity index (χ1n) is 8.64. The Morgan fingerprint density at radius 2 is 1.89 bits per heavy atom. The minimum atomic E-state index is -4.17. The van der Waals surface area contributed by atoms with E-state index in [1.54, 1.807) is 12.1 Å². The fraction of sp³-hybridized carbons (Fsp3) is 0.400. The second-order valence-corrected chi connectivity index (χ2v) is 7.31. The molecule has 1 aliphatic rings. The van der Waals surface area contributed by atoms with Gasteiger partial charge in [-0.3, -0.25) is 0 Å². The molecule has 1 saturated heterocycles. The van der Waals surface area contributed by atoms with Gasteiger partial charge in [0.05, 0.1) is 12.7 Å². The standard InChI is InChI=1S/C20H20F4O2S/c21-19(22)20(23,24)12-26-17-6-4-14-9-13(1-3-15(14)10-17)2-5-16-7-8-18(27)11-25-16/h1-6,9-10,16,18-19,27H,7-8,11-12H2/b5-2+. The van der Waals surface area contributed by atoms with Gasteiger partial charge in [0, 0.05) is 5.25 Å². The summed E-state index contributed by atoms with van der Waals surface area (Å²) >= 11 is 4.39. The number of thiol groups is 1. The third-order valence-electron chi connectivity index (χ3n) is 4.38. The zero-order chi connectivity index (χ0) is 19.4. The summed E-state index contributed by atoms with van der Waals surface area (Å²) in [5.74, 6) is -4.04. The van der Waals surface area contributed by atoms with E-state index in [2.05, 4.69) is 12.6 Å². The lowest BCUT2D eigenvalue weighted by atomic mass is 10.0. The summed E-state index contributed by atoms with van der Waals surface area (Å²) in [6.07, 6.45) is 2.28. The SMILES string of the molecule is FC(F)C(F)(F)COc1ccc2cc(/C=C/C3CCC(S)CO3)ccc2c1. The summed E-state index contributed by atoms with van der Waals surface area (Å²) in [7, 11) is 0. The van der Waals surface area contributed by atoms with Crippen LogP contribution in [-0.4, -0.2) is 36.9 Å². The molecule has 1 aliphatic heterocycles. The minimum absolute atomic E-state index is 0.0800. The van der Waals surface area contributed by atoms with Crippen LogP contribution in [0.25, 0.3) is 16.8 Å². The number of hydrogen-bond donors (Lipinski definition) is 1. The van der Waals surface area contributed by atoms with Crippen molar-refractivity contribution >= 4 is 29.5 Å². The predicted molar refractivity (Wildman–Crippen MR) is 101 cm³/mol. The summed E-state index contributed by atoms with van der Waals surface area (Å²) in [4.78, 5) is 0. The van der Waals surface area contributed by atoms with E-state index >= 15 is 0 Å². The van der Waals surface area contributed by atoms with Gasteiger partial charge in [-0.25, -0.2) is 8.78 Å². The molecule has 1 fully saturated rings. The molecule has 0 aliphatic carbocycles. The van der Waals surface area contributed by atoms with Crippen molar-refractivity contribution in [2.45, 2.75) is 36.5 Å². The molecule has 146 valence electrons. The van der Waals surface area contributed by atoms with Crippen molar-refractivity contribution in [3.63, 3.8) is 0 Å². The molecule has 7 heteroatoms. The molecule has 0 amide bonds. The molecule has 2 unspecified atom stereocenters. The van der Waals surface area contributed by atoms with E-state index in [4.69, 9.17) is 9.47 Å². The summed E-state index contributed by atoms with van der Waals surface area (Å²) in [6.45, 7) is -0.714. The molecule has 0 aromatic heterocycles. The second kappa shape index (κ2) is 8.52. The van der Waals surface area contributed by atoms with Crippen molar-refractivity contribution in [1.29, 1.82) is 0 Å². The lowest BCUT2D eigenvalue weighted by molar-refractivity contribution is -0.148. The molecule has 0 N–H and O–H groups in total. The molecule has 2 nitrogen and oxygen atoms in total. The molecule has 2 atom stereocenters. The number of rotatable bonds is 6. The average molecular weight is 400 g/mol. The highest BCUT2D eigenvalue weighted by atomic mass is 32.1. The monoisotopic (exact) mass is 400 g/mol. The molecule has 1 heterocycles. The number of halogens is 4. The smallest absolute Gasteiger partial charge is 0.340 e. The molecule has 0 radical (unpaired) electrons. The second-order valence-electron chi connectivity index (χ2n) is 6.58. The van der Waals surface area contributed by atoms with Crippen molar-refractivity contribution in [2.75, 3.05) is 13.2 Å². The number of benzene rings is 2. The van der Waals surface area contributed by atoms with Crippen LogP contribution in [0.4, 0.5) is 17.6 Å². The van der Waals surface area contributed by atoms with Gasteiger partial charge >= 0.3 is 12.3 Å². The maximum Gasteiger partial charge on any atom is 0.340 e. The largest absolute Gasteiger partial charge is 0.487 e. The molecule has 3 rings (SSSR count). The summed E-state index contributed by atoms with van der Waals surface area (Å²) < 4.78 is 60.8. The maximum absolute atomic E-state index is 13.0. The maximum atomic E-state index is 13.0. The molecule has 27 heavy (non-hydrogen) atoms. The van der Waals surface area contributed by atoms with E-state index in [0.717, 1.165) is 29.2 Å². The number of fused-ring (bicyclic) bond motifs is 1. The normalized spacial score (nSPS) is 21.3. The fourth-order valence-corrected chi connectivity index (χ4v) is 3.04. The van der Waals surface area contributed by atoms with Crippen molar-refractivity contribution in [3.05, 3.63) is 48.0 Å². The Morgan fingerprint density at radius 3 is 2.59 bits per heavy atom. The van der Waals surface area contributed by atoms with Crippen LogP contribution in [0.3, 0.4) is 0 Å². The minimum Gasteiger partial charge on any atom is -0.487 e. The van der Waals surface area contributed by atoms with Crippen LogP contribution in [-0.2, 0) is 4.74 Å². The first-order chi connectivity index (χ1) is 12.8. The zero-order valence-electron chi connectivity index (χ0n) is 14.5. The van der Waals surface area contributed by atoms with E-state index in [-0.39, 0.29) is 11.9 Å². The van der Waals surface area contributed by atoms with Crippen LogP contribution in [0, 0.1) is 0 Å². The molecule has 0 spiro atoms.